The zero-order valence-corrected chi connectivity index (χ0v) is 28.6. The molecule has 258 valence electrons. The maximum absolute atomic E-state index is 16.4. The van der Waals surface area contributed by atoms with E-state index in [-0.39, 0.29) is 36.4 Å². The Balaban J connectivity index is 1.06. The summed E-state index contributed by atoms with van der Waals surface area (Å²) in [6.07, 6.45) is 6.49. The van der Waals surface area contributed by atoms with Gasteiger partial charge in [-0.2, -0.15) is 0 Å². The summed E-state index contributed by atoms with van der Waals surface area (Å²) in [5, 5.41) is 2.33. The third kappa shape index (κ3) is 6.80. The minimum Gasteiger partial charge on any atom is -0.444 e. The molecule has 12 heteroatoms. The van der Waals surface area contributed by atoms with Gasteiger partial charge in [0.15, 0.2) is 5.82 Å². The summed E-state index contributed by atoms with van der Waals surface area (Å²) in [6, 6.07) is 2.34. The van der Waals surface area contributed by atoms with Crippen LogP contribution in [0.3, 0.4) is 0 Å². The molecule has 6 rings (SSSR count). The lowest BCUT2D eigenvalue weighted by Crippen LogP contribution is -2.50. The summed E-state index contributed by atoms with van der Waals surface area (Å²) in [5.41, 5.74) is 0.503. The van der Waals surface area contributed by atoms with E-state index in [2.05, 4.69) is 15.1 Å². The fourth-order valence-corrected chi connectivity index (χ4v) is 8.16. The molecule has 1 aromatic carbocycles. The molecule has 4 fully saturated rings. The highest BCUT2D eigenvalue weighted by Crippen LogP contribution is 2.42. The SMILES string of the molecule is CC(C)n1c(=O)n(C2CCC(=O)NC2=O)c2ccc(N3CCC(CN4CCC5(CC4)CCN(C(=O)OC(C)(C)C)CC5)CC3)c(F)c21. The molecular weight excluding hydrogens is 603 g/mol. The minimum absolute atomic E-state index is 0.138. The van der Waals surface area contributed by atoms with E-state index in [1.54, 1.807) is 12.1 Å². The standard InChI is InChI=1S/C35H51FN6O5/c1-23(2)41-30-26(42(32(41)45)27-8-9-28(43)37-31(27)44)7-6-25(29(30)36)39-16-10-24(11-17-39)22-38-18-12-35(13-19-38)14-20-40(21-15-35)33(46)47-34(3,4)5/h6-7,23-24,27H,8-22H2,1-5H3,(H,37,43,44). The highest BCUT2D eigenvalue weighted by Gasteiger charge is 2.40. The Labute approximate surface area is 276 Å². The van der Waals surface area contributed by atoms with Crippen molar-refractivity contribution in [3.8, 4) is 0 Å². The van der Waals surface area contributed by atoms with Crippen LogP contribution in [-0.4, -0.2) is 88.3 Å². The fourth-order valence-electron chi connectivity index (χ4n) is 8.16. The Morgan fingerprint density at radius 3 is 2.21 bits per heavy atom. The molecule has 47 heavy (non-hydrogen) atoms. The number of likely N-dealkylation sites (tertiary alicyclic amines) is 2. The van der Waals surface area contributed by atoms with Crippen LogP contribution in [0.5, 0.6) is 0 Å². The van der Waals surface area contributed by atoms with Crippen LogP contribution in [0.4, 0.5) is 14.9 Å². The van der Waals surface area contributed by atoms with Gasteiger partial charge >= 0.3 is 11.8 Å². The first-order chi connectivity index (χ1) is 22.2. The van der Waals surface area contributed by atoms with Crippen LogP contribution in [0.1, 0.15) is 98.1 Å². The highest BCUT2D eigenvalue weighted by atomic mass is 19.1. The second-order valence-corrected chi connectivity index (χ2v) is 15.5. The molecule has 3 amide bonds. The van der Waals surface area contributed by atoms with Crippen LogP contribution in [0.2, 0.25) is 0 Å². The van der Waals surface area contributed by atoms with Crippen molar-refractivity contribution in [3.63, 3.8) is 0 Å². The van der Waals surface area contributed by atoms with Gasteiger partial charge in [-0.15, -0.1) is 0 Å². The van der Waals surface area contributed by atoms with Crippen molar-refractivity contribution in [1.29, 1.82) is 0 Å². The van der Waals surface area contributed by atoms with Gasteiger partial charge in [0, 0.05) is 45.2 Å². The van der Waals surface area contributed by atoms with E-state index in [1.165, 1.54) is 9.13 Å². The molecule has 11 nitrogen and oxygen atoms in total. The van der Waals surface area contributed by atoms with E-state index in [1.807, 2.05) is 39.5 Å². The number of benzene rings is 1. The lowest BCUT2D eigenvalue weighted by Gasteiger charge is -2.47. The Kier molecular flexibility index (Phi) is 9.19. The first-order valence-corrected chi connectivity index (χ1v) is 17.5. The lowest BCUT2D eigenvalue weighted by molar-refractivity contribution is -0.135. The summed E-state index contributed by atoms with van der Waals surface area (Å²) in [5.74, 6) is -0.768. The summed E-state index contributed by atoms with van der Waals surface area (Å²) in [7, 11) is 0. The van der Waals surface area contributed by atoms with Crippen LogP contribution >= 0.6 is 0 Å². The first kappa shape index (κ1) is 33.5. The minimum atomic E-state index is -0.849. The van der Waals surface area contributed by atoms with E-state index in [0.29, 0.717) is 22.5 Å². The number of hydrogen-bond donors (Lipinski definition) is 1. The van der Waals surface area contributed by atoms with Gasteiger partial charge in [0.1, 0.15) is 17.2 Å². The molecule has 2 aromatic rings. The van der Waals surface area contributed by atoms with E-state index in [4.69, 9.17) is 4.74 Å². The molecule has 0 bridgehead atoms. The van der Waals surface area contributed by atoms with E-state index in [0.717, 1.165) is 84.3 Å². The lowest BCUT2D eigenvalue weighted by atomic mass is 9.71. The molecule has 1 unspecified atom stereocenters. The van der Waals surface area contributed by atoms with Crippen molar-refractivity contribution in [3.05, 3.63) is 28.4 Å². The normalized spacial score (nSPS) is 23.2. The van der Waals surface area contributed by atoms with Crippen LogP contribution in [-0.2, 0) is 14.3 Å². The molecule has 4 aliphatic rings. The average Bonchev–Trinajstić information content (AvgIpc) is 3.31. The zero-order chi connectivity index (χ0) is 33.7. The predicted octanol–water partition coefficient (Wildman–Crippen LogP) is 4.83. The summed E-state index contributed by atoms with van der Waals surface area (Å²) in [6.45, 7) is 15.6. The molecule has 1 atom stereocenters. The number of carbonyl (C=O) groups excluding carboxylic acids is 3. The summed E-state index contributed by atoms with van der Waals surface area (Å²) >= 11 is 0. The molecule has 5 heterocycles. The molecule has 4 aliphatic heterocycles. The number of imidazole rings is 1. The monoisotopic (exact) mass is 654 g/mol. The number of halogens is 1. The maximum Gasteiger partial charge on any atom is 0.410 e. The number of carbonyl (C=O) groups is 3. The van der Waals surface area contributed by atoms with Gasteiger partial charge in [-0.05, 0) is 116 Å². The van der Waals surface area contributed by atoms with Crippen molar-refractivity contribution >= 4 is 34.6 Å². The molecule has 0 saturated carbocycles. The van der Waals surface area contributed by atoms with Crippen molar-refractivity contribution in [2.45, 2.75) is 104 Å². The molecule has 4 saturated heterocycles. The molecular formula is C35H51FN6O5. The van der Waals surface area contributed by atoms with Crippen molar-refractivity contribution in [2.75, 3.05) is 50.7 Å². The summed E-state index contributed by atoms with van der Waals surface area (Å²) < 4.78 is 24.8. The van der Waals surface area contributed by atoms with Crippen molar-refractivity contribution < 1.29 is 23.5 Å². The van der Waals surface area contributed by atoms with Crippen molar-refractivity contribution in [2.24, 2.45) is 11.3 Å². The Morgan fingerprint density at radius 2 is 1.62 bits per heavy atom. The Morgan fingerprint density at radius 1 is 0.979 bits per heavy atom. The fraction of sp³-hybridized carbons (Fsp3) is 0.714. The highest BCUT2D eigenvalue weighted by molar-refractivity contribution is 6.00. The number of rotatable bonds is 5. The second kappa shape index (κ2) is 12.9. The second-order valence-electron chi connectivity index (χ2n) is 15.5. The number of imide groups is 1. The van der Waals surface area contributed by atoms with Gasteiger partial charge in [-0.1, -0.05) is 0 Å². The number of piperidine rings is 4. The van der Waals surface area contributed by atoms with Crippen LogP contribution < -0.4 is 15.9 Å². The van der Waals surface area contributed by atoms with Gasteiger partial charge in [0.05, 0.1) is 11.2 Å². The largest absolute Gasteiger partial charge is 0.444 e. The molecule has 0 radical (unpaired) electrons. The van der Waals surface area contributed by atoms with Gasteiger partial charge in [-0.3, -0.25) is 24.0 Å². The summed E-state index contributed by atoms with van der Waals surface area (Å²) in [4.78, 5) is 57.1. The number of nitrogens with one attached hydrogen (secondary N) is 1. The van der Waals surface area contributed by atoms with E-state index in [9.17, 15) is 19.2 Å². The van der Waals surface area contributed by atoms with Gasteiger partial charge in [-0.25, -0.2) is 14.0 Å². The number of fused-ring (bicyclic) bond motifs is 1. The number of anilines is 1. The van der Waals surface area contributed by atoms with E-state index < -0.39 is 29.1 Å². The molecule has 1 aromatic heterocycles. The Bertz CT molecular complexity index is 1570. The first-order valence-electron chi connectivity index (χ1n) is 17.5. The number of hydrogen-bond acceptors (Lipinski definition) is 7. The predicted molar refractivity (Wildman–Crippen MR) is 178 cm³/mol. The number of ether oxygens (including phenoxy) is 1. The number of nitrogens with zero attached hydrogens (tertiary/aromatic N) is 5. The van der Waals surface area contributed by atoms with Crippen LogP contribution in [0, 0.1) is 17.2 Å². The molecule has 0 aliphatic carbocycles. The average molecular weight is 655 g/mol. The van der Waals surface area contributed by atoms with Crippen LogP contribution in [0.15, 0.2) is 16.9 Å². The third-order valence-corrected chi connectivity index (χ3v) is 10.9. The van der Waals surface area contributed by atoms with Crippen LogP contribution in [0.25, 0.3) is 11.0 Å². The third-order valence-electron chi connectivity index (χ3n) is 10.9. The number of amides is 3. The maximum atomic E-state index is 16.4. The number of aromatic nitrogens is 2. The molecule has 1 spiro atoms. The molecule has 1 N–H and O–H groups in total. The Hall–Kier alpha value is -3.41. The van der Waals surface area contributed by atoms with Crippen molar-refractivity contribution in [1.82, 2.24) is 24.3 Å². The zero-order valence-electron chi connectivity index (χ0n) is 28.6. The van der Waals surface area contributed by atoms with Gasteiger partial charge in [0.2, 0.25) is 11.8 Å². The smallest absolute Gasteiger partial charge is 0.410 e. The van der Waals surface area contributed by atoms with Gasteiger partial charge in [0.25, 0.3) is 0 Å². The van der Waals surface area contributed by atoms with E-state index >= 15 is 4.39 Å². The quantitative estimate of drug-likeness (QED) is 0.460. The topological polar surface area (TPSA) is 109 Å². The van der Waals surface area contributed by atoms with Gasteiger partial charge < -0.3 is 19.4 Å².